The highest BCUT2D eigenvalue weighted by molar-refractivity contribution is 6.06. The van der Waals surface area contributed by atoms with Crippen LogP contribution in [0.5, 0.6) is 0 Å². The number of hydrogen-bond acceptors (Lipinski definition) is 3. The molecule has 1 amide bonds. The number of rotatable bonds is 1. The Morgan fingerprint density at radius 1 is 1.17 bits per heavy atom. The lowest BCUT2D eigenvalue weighted by Gasteiger charge is -2.29. The lowest BCUT2D eigenvalue weighted by molar-refractivity contribution is 0.0984. The Morgan fingerprint density at radius 3 is 2.96 bits per heavy atom. The Morgan fingerprint density at radius 2 is 2.04 bits per heavy atom. The normalized spacial score (nSPS) is 16.3. The lowest BCUT2D eigenvalue weighted by atomic mass is 10.00. The van der Waals surface area contributed by atoms with Gasteiger partial charge in [-0.25, -0.2) is 4.98 Å². The summed E-state index contributed by atoms with van der Waals surface area (Å²) in [6.07, 6.45) is 5.48. The van der Waals surface area contributed by atoms with Crippen molar-refractivity contribution >= 4 is 17.4 Å². The molecule has 4 nitrogen and oxygen atoms in total. The van der Waals surface area contributed by atoms with Gasteiger partial charge in [-0.05, 0) is 48.9 Å². The molecule has 1 aromatic carbocycles. The molecule has 0 aliphatic carbocycles. The highest BCUT2D eigenvalue weighted by atomic mass is 16.2. The van der Waals surface area contributed by atoms with E-state index in [1.165, 1.54) is 5.56 Å². The van der Waals surface area contributed by atoms with Gasteiger partial charge in [0, 0.05) is 24.1 Å². The largest absolute Gasteiger partial charge is 0.344 e. The predicted octanol–water partition coefficient (Wildman–Crippen LogP) is 3.55. The summed E-state index contributed by atoms with van der Waals surface area (Å²) in [5, 5.41) is 3.19. The first-order chi connectivity index (χ1) is 11.2. The fraction of sp³-hybridized carbons (Fsp3) is 0.263. The number of amides is 1. The molecule has 4 rings (SSSR count). The molecule has 0 unspecified atom stereocenters. The number of carbonyl (C=O) groups excluding carboxylic acids is 1. The van der Waals surface area contributed by atoms with Crippen LogP contribution in [0, 0.1) is 0 Å². The Bertz CT molecular complexity index is 797. The number of allylic oxidation sites excluding steroid dienone is 1. The van der Waals surface area contributed by atoms with Crippen molar-refractivity contribution in [3.63, 3.8) is 0 Å². The number of nitrogens with one attached hydrogen (secondary N) is 1. The average molecular weight is 305 g/mol. The van der Waals surface area contributed by atoms with Gasteiger partial charge in [0.05, 0.1) is 5.56 Å². The van der Waals surface area contributed by atoms with Gasteiger partial charge in [0.25, 0.3) is 5.91 Å². The smallest absolute Gasteiger partial charge is 0.259 e. The second-order valence-electron chi connectivity index (χ2n) is 6.15. The van der Waals surface area contributed by atoms with Crippen molar-refractivity contribution in [2.75, 3.05) is 16.8 Å². The monoisotopic (exact) mass is 305 g/mol. The first kappa shape index (κ1) is 14.0. The summed E-state index contributed by atoms with van der Waals surface area (Å²) in [5.41, 5.74) is 5.02. The van der Waals surface area contributed by atoms with E-state index in [-0.39, 0.29) is 5.91 Å². The summed E-state index contributed by atoms with van der Waals surface area (Å²) in [4.78, 5) is 19.3. The number of benzene rings is 1. The van der Waals surface area contributed by atoms with Crippen molar-refractivity contribution in [2.24, 2.45) is 0 Å². The number of aromatic nitrogens is 1. The van der Waals surface area contributed by atoms with E-state index in [9.17, 15) is 4.79 Å². The van der Waals surface area contributed by atoms with Crippen LogP contribution >= 0.6 is 0 Å². The third-order valence-electron chi connectivity index (χ3n) is 4.56. The van der Waals surface area contributed by atoms with E-state index in [1.54, 1.807) is 6.20 Å². The van der Waals surface area contributed by atoms with Crippen LogP contribution in [0.1, 0.15) is 34.3 Å². The van der Waals surface area contributed by atoms with Crippen molar-refractivity contribution < 1.29 is 4.79 Å². The van der Waals surface area contributed by atoms with Gasteiger partial charge in [0.15, 0.2) is 0 Å². The molecule has 4 heteroatoms. The Balaban J connectivity index is 1.67. The number of pyridine rings is 1. The van der Waals surface area contributed by atoms with E-state index in [0.29, 0.717) is 5.56 Å². The van der Waals surface area contributed by atoms with E-state index in [2.05, 4.69) is 22.9 Å². The summed E-state index contributed by atoms with van der Waals surface area (Å²) in [5.74, 6) is 0.869. The molecule has 1 N–H and O–H groups in total. The number of para-hydroxylation sites is 1. The summed E-state index contributed by atoms with van der Waals surface area (Å²) < 4.78 is 0. The fourth-order valence-corrected chi connectivity index (χ4v) is 3.35. The zero-order valence-electron chi connectivity index (χ0n) is 13.0. The molecule has 0 radical (unpaired) electrons. The van der Waals surface area contributed by atoms with Crippen LogP contribution in [0.25, 0.3) is 0 Å². The van der Waals surface area contributed by atoms with Gasteiger partial charge in [0.2, 0.25) is 0 Å². The minimum Gasteiger partial charge on any atom is -0.344 e. The van der Waals surface area contributed by atoms with E-state index in [1.807, 2.05) is 29.2 Å². The van der Waals surface area contributed by atoms with Gasteiger partial charge >= 0.3 is 0 Å². The number of carbonyl (C=O) groups is 1. The van der Waals surface area contributed by atoms with Crippen LogP contribution in [0.2, 0.25) is 0 Å². The van der Waals surface area contributed by atoms with E-state index >= 15 is 0 Å². The van der Waals surface area contributed by atoms with Gasteiger partial charge in [-0.15, -0.1) is 0 Å². The van der Waals surface area contributed by atoms with Crippen molar-refractivity contribution in [3.8, 4) is 0 Å². The Labute approximate surface area is 135 Å². The summed E-state index contributed by atoms with van der Waals surface area (Å²) in [6.45, 7) is 4.71. The molecular weight excluding hydrogens is 286 g/mol. The molecule has 0 bridgehead atoms. The van der Waals surface area contributed by atoms with E-state index in [4.69, 9.17) is 0 Å². The van der Waals surface area contributed by atoms with Gasteiger partial charge in [-0.3, -0.25) is 4.79 Å². The third kappa shape index (κ3) is 2.50. The van der Waals surface area contributed by atoms with Crippen molar-refractivity contribution in [3.05, 3.63) is 65.5 Å². The number of aryl methyl sites for hydroxylation is 2. The van der Waals surface area contributed by atoms with Crippen LogP contribution in [0.15, 0.2) is 48.8 Å². The topological polar surface area (TPSA) is 45.2 Å². The number of nitrogens with zero attached hydrogens (tertiary/aromatic N) is 2. The van der Waals surface area contributed by atoms with Crippen molar-refractivity contribution in [2.45, 2.75) is 25.7 Å². The molecule has 23 heavy (non-hydrogen) atoms. The predicted molar refractivity (Wildman–Crippen MR) is 91.8 cm³/mol. The van der Waals surface area contributed by atoms with E-state index in [0.717, 1.165) is 55.0 Å². The zero-order chi connectivity index (χ0) is 15.8. The molecule has 0 fully saturated rings. The van der Waals surface area contributed by atoms with Crippen LogP contribution in [-0.4, -0.2) is 17.4 Å². The fourth-order valence-electron chi connectivity index (χ4n) is 3.35. The quantitative estimate of drug-likeness (QED) is 0.876. The second-order valence-corrected chi connectivity index (χ2v) is 6.15. The van der Waals surface area contributed by atoms with Gasteiger partial charge in [-0.1, -0.05) is 24.8 Å². The molecule has 1 aromatic heterocycles. The molecule has 0 saturated carbocycles. The molecular formula is C19H19N3O. The van der Waals surface area contributed by atoms with Crippen molar-refractivity contribution in [1.29, 1.82) is 0 Å². The number of hydrogen-bond donors (Lipinski definition) is 1. The molecule has 116 valence electrons. The highest BCUT2D eigenvalue weighted by Gasteiger charge is 2.24. The third-order valence-corrected chi connectivity index (χ3v) is 4.56. The molecule has 0 saturated heterocycles. The minimum atomic E-state index is 0.0388. The van der Waals surface area contributed by atoms with Gasteiger partial charge < -0.3 is 10.2 Å². The highest BCUT2D eigenvalue weighted by Crippen LogP contribution is 2.29. The van der Waals surface area contributed by atoms with Crippen LogP contribution in [0.4, 0.5) is 11.5 Å². The van der Waals surface area contributed by atoms with Gasteiger partial charge in [0.1, 0.15) is 5.82 Å². The average Bonchev–Trinajstić information content (AvgIpc) is 2.60. The summed E-state index contributed by atoms with van der Waals surface area (Å²) in [6, 6.07) is 10.1. The molecule has 0 spiro atoms. The summed E-state index contributed by atoms with van der Waals surface area (Å²) >= 11 is 0. The maximum Gasteiger partial charge on any atom is 0.259 e. The SMILES string of the molecule is C=C1CCc2cc(C(=O)N3CCCc4ccccc43)cnc2N1. The zero-order valence-corrected chi connectivity index (χ0v) is 13.0. The Kier molecular flexibility index (Phi) is 3.37. The molecule has 0 atom stereocenters. The maximum absolute atomic E-state index is 13.0. The molecule has 2 aliphatic rings. The van der Waals surface area contributed by atoms with E-state index < -0.39 is 0 Å². The van der Waals surface area contributed by atoms with Crippen LogP contribution in [-0.2, 0) is 12.8 Å². The number of anilines is 2. The lowest BCUT2D eigenvalue weighted by Crippen LogP contribution is -2.35. The van der Waals surface area contributed by atoms with Crippen LogP contribution in [0.3, 0.4) is 0 Å². The van der Waals surface area contributed by atoms with Gasteiger partial charge in [-0.2, -0.15) is 0 Å². The molecule has 3 heterocycles. The standard InChI is InChI=1S/C19H19N3O/c1-13-8-9-15-11-16(12-20-18(15)21-13)19(23)22-10-4-6-14-5-2-3-7-17(14)22/h2-3,5,7,11-12H,1,4,6,8-10H2,(H,20,21). The molecule has 2 aliphatic heterocycles. The minimum absolute atomic E-state index is 0.0388. The van der Waals surface area contributed by atoms with Crippen molar-refractivity contribution in [1.82, 2.24) is 4.98 Å². The maximum atomic E-state index is 13.0. The first-order valence-electron chi connectivity index (χ1n) is 8.06. The molecule has 2 aromatic rings. The second kappa shape index (κ2) is 5.54. The summed E-state index contributed by atoms with van der Waals surface area (Å²) in [7, 11) is 0. The number of fused-ring (bicyclic) bond motifs is 2. The van der Waals surface area contributed by atoms with Crippen LogP contribution < -0.4 is 10.2 Å². The first-order valence-corrected chi connectivity index (χ1v) is 8.06. The Hall–Kier alpha value is -2.62.